The molecule has 11 heteroatoms. The van der Waals surface area contributed by atoms with Crippen molar-refractivity contribution in [2.75, 3.05) is 20.6 Å². The Morgan fingerprint density at radius 2 is 2.11 bits per heavy atom. The topological polar surface area (TPSA) is 108 Å². The highest BCUT2D eigenvalue weighted by atomic mass is 19.1. The van der Waals surface area contributed by atoms with Crippen molar-refractivity contribution in [3.05, 3.63) is 83.1 Å². The number of carbonyl (C=O) groups is 1. The zero-order chi connectivity index (χ0) is 25.4. The van der Waals surface area contributed by atoms with E-state index in [0.29, 0.717) is 29.9 Å². The van der Waals surface area contributed by atoms with Gasteiger partial charge in [0.25, 0.3) is 5.89 Å². The predicted octanol–water partition coefficient (Wildman–Crippen LogP) is 3.63. The number of fused-ring (bicyclic) bond motifs is 2. The van der Waals surface area contributed by atoms with Gasteiger partial charge in [0.05, 0.1) is 23.2 Å². The summed E-state index contributed by atoms with van der Waals surface area (Å²) in [6.07, 6.45) is 7.09. The van der Waals surface area contributed by atoms with Crippen molar-refractivity contribution < 1.29 is 13.6 Å². The minimum Gasteiger partial charge on any atom is -0.411 e. The molecular formula is C25H27FN8O2. The van der Waals surface area contributed by atoms with E-state index in [1.54, 1.807) is 29.4 Å². The van der Waals surface area contributed by atoms with E-state index in [2.05, 4.69) is 32.2 Å². The van der Waals surface area contributed by atoms with E-state index in [9.17, 15) is 9.18 Å². The highest BCUT2D eigenvalue weighted by Gasteiger charge is 2.38. The number of nitrogens with one attached hydrogen (secondary N) is 1. The molecule has 4 aromatic heterocycles. The summed E-state index contributed by atoms with van der Waals surface area (Å²) in [4.78, 5) is 24.8. The summed E-state index contributed by atoms with van der Waals surface area (Å²) in [7, 11) is 3.76. The number of H-pyrrole nitrogens is 1. The van der Waals surface area contributed by atoms with E-state index in [-0.39, 0.29) is 11.8 Å². The number of aromatic amines is 1. The van der Waals surface area contributed by atoms with Crippen LogP contribution in [-0.2, 0) is 6.42 Å². The number of hydrogen-bond donors (Lipinski definition) is 1. The largest absolute Gasteiger partial charge is 0.411 e. The van der Waals surface area contributed by atoms with Crippen LogP contribution in [0.5, 0.6) is 0 Å². The van der Waals surface area contributed by atoms with E-state index in [1.165, 1.54) is 10.6 Å². The maximum atomic E-state index is 14.4. The lowest BCUT2D eigenvalue weighted by Gasteiger charge is -2.32. The van der Waals surface area contributed by atoms with Gasteiger partial charge in [-0.25, -0.2) is 9.50 Å². The molecule has 186 valence electrons. The Hall–Kier alpha value is -4.28. The van der Waals surface area contributed by atoms with Crippen molar-refractivity contribution in [1.82, 2.24) is 39.6 Å². The number of rotatable bonds is 6. The number of hydrogen-bond acceptors (Lipinski definition) is 7. The first-order chi connectivity index (χ1) is 17.4. The van der Waals surface area contributed by atoms with Gasteiger partial charge in [0.1, 0.15) is 11.7 Å². The Morgan fingerprint density at radius 3 is 2.86 bits per heavy atom. The van der Waals surface area contributed by atoms with Gasteiger partial charge in [-0.2, -0.15) is 9.49 Å². The standard InChI is InChI=1S/C25H27FN8O2/c1-5-6-8-15(2)21(32(3)4)23-29-30-24(36-23)25(35)33-12-11-17-20(28-14-27-17)22(33)18-13-16-9-7-10-19(26)34(16)31-18/h6-10,13-14,22H,5,11-12H2,1-4H3,(H,27,28)/b8-6+,21-15-. The second-order valence-corrected chi connectivity index (χ2v) is 8.82. The van der Waals surface area contributed by atoms with Gasteiger partial charge < -0.3 is 19.2 Å². The van der Waals surface area contributed by atoms with Crippen molar-refractivity contribution in [3.8, 4) is 0 Å². The lowest BCUT2D eigenvalue weighted by Crippen LogP contribution is -2.41. The van der Waals surface area contributed by atoms with Crippen molar-refractivity contribution in [1.29, 1.82) is 0 Å². The van der Waals surface area contributed by atoms with Gasteiger partial charge in [-0.05, 0) is 37.1 Å². The first kappa shape index (κ1) is 23.5. The second-order valence-electron chi connectivity index (χ2n) is 8.82. The molecule has 1 aliphatic heterocycles. The van der Waals surface area contributed by atoms with Gasteiger partial charge in [0.15, 0.2) is 0 Å². The SMILES string of the molecule is CC/C=C/C(C)=C(/c1nnc(C(=O)N2CCc3[nH]cnc3C2c2cc3cccc(F)n3n2)o1)N(C)C. The van der Waals surface area contributed by atoms with E-state index in [4.69, 9.17) is 4.42 Å². The van der Waals surface area contributed by atoms with Gasteiger partial charge in [0, 0.05) is 32.8 Å². The Balaban J connectivity index is 1.53. The Bertz CT molecular complexity index is 1480. The molecule has 1 unspecified atom stereocenters. The van der Waals surface area contributed by atoms with E-state index in [0.717, 1.165) is 23.4 Å². The third kappa shape index (κ3) is 4.06. The highest BCUT2D eigenvalue weighted by molar-refractivity contribution is 5.90. The lowest BCUT2D eigenvalue weighted by atomic mass is 9.99. The second kappa shape index (κ2) is 9.40. The number of carbonyl (C=O) groups excluding carboxylic acids is 1. The molecular weight excluding hydrogens is 463 g/mol. The lowest BCUT2D eigenvalue weighted by molar-refractivity contribution is 0.0645. The molecule has 0 spiro atoms. The smallest absolute Gasteiger partial charge is 0.312 e. The number of allylic oxidation sites excluding steroid dienone is 3. The monoisotopic (exact) mass is 490 g/mol. The fraction of sp³-hybridized carbons (Fsp3) is 0.320. The van der Waals surface area contributed by atoms with Gasteiger partial charge in [-0.3, -0.25) is 4.79 Å². The average Bonchev–Trinajstić information content (AvgIpc) is 3.61. The molecule has 36 heavy (non-hydrogen) atoms. The first-order valence-electron chi connectivity index (χ1n) is 11.7. The number of amides is 1. The molecule has 0 bridgehead atoms. The number of aromatic nitrogens is 6. The van der Waals surface area contributed by atoms with Gasteiger partial charge in [-0.1, -0.05) is 25.1 Å². The van der Waals surface area contributed by atoms with Crippen LogP contribution in [0.3, 0.4) is 0 Å². The molecule has 4 aromatic rings. The van der Waals surface area contributed by atoms with Crippen molar-refractivity contribution in [2.45, 2.75) is 32.7 Å². The summed E-state index contributed by atoms with van der Waals surface area (Å²) < 4.78 is 21.5. The third-order valence-electron chi connectivity index (χ3n) is 6.16. The molecule has 0 radical (unpaired) electrons. The van der Waals surface area contributed by atoms with Crippen molar-refractivity contribution >= 4 is 17.1 Å². The fourth-order valence-electron chi connectivity index (χ4n) is 4.54. The number of halogens is 1. The fourth-order valence-corrected chi connectivity index (χ4v) is 4.54. The Morgan fingerprint density at radius 1 is 1.31 bits per heavy atom. The average molecular weight is 491 g/mol. The van der Waals surface area contributed by atoms with Crippen molar-refractivity contribution in [2.24, 2.45) is 0 Å². The number of pyridine rings is 1. The summed E-state index contributed by atoms with van der Waals surface area (Å²) in [6.45, 7) is 4.39. The van der Waals surface area contributed by atoms with Crippen LogP contribution in [0.15, 0.2) is 52.7 Å². The van der Waals surface area contributed by atoms with Crippen LogP contribution in [0.4, 0.5) is 4.39 Å². The van der Waals surface area contributed by atoms with Crippen LogP contribution >= 0.6 is 0 Å². The summed E-state index contributed by atoms with van der Waals surface area (Å²) >= 11 is 0. The van der Waals surface area contributed by atoms with Gasteiger partial charge in [0.2, 0.25) is 5.95 Å². The first-order valence-corrected chi connectivity index (χ1v) is 11.7. The number of nitrogens with zero attached hydrogens (tertiary/aromatic N) is 7. The minimum absolute atomic E-state index is 0.129. The van der Waals surface area contributed by atoms with Crippen LogP contribution in [0.25, 0.3) is 11.2 Å². The Kier molecular flexibility index (Phi) is 6.13. The van der Waals surface area contributed by atoms with E-state index < -0.39 is 17.9 Å². The molecule has 0 fully saturated rings. The van der Waals surface area contributed by atoms with Crippen LogP contribution in [0, 0.1) is 5.95 Å². The zero-order valence-corrected chi connectivity index (χ0v) is 20.6. The molecule has 1 atom stereocenters. The summed E-state index contributed by atoms with van der Waals surface area (Å²) in [6, 6.07) is 5.83. The third-order valence-corrected chi connectivity index (χ3v) is 6.16. The van der Waals surface area contributed by atoms with Crippen LogP contribution in [-0.4, -0.2) is 66.1 Å². The Labute approximate surface area is 207 Å². The molecule has 0 aromatic carbocycles. The summed E-state index contributed by atoms with van der Waals surface area (Å²) in [5.74, 6) is -0.808. The number of imidazole rings is 1. The quantitative estimate of drug-likeness (QED) is 0.325. The molecule has 0 aliphatic carbocycles. The maximum Gasteiger partial charge on any atom is 0.312 e. The minimum atomic E-state index is -0.639. The summed E-state index contributed by atoms with van der Waals surface area (Å²) in [5, 5.41) is 12.7. The van der Waals surface area contributed by atoms with E-state index >= 15 is 0 Å². The molecule has 0 saturated heterocycles. The van der Waals surface area contributed by atoms with Crippen LogP contribution < -0.4 is 0 Å². The molecule has 1 N–H and O–H groups in total. The van der Waals surface area contributed by atoms with Crippen LogP contribution in [0.2, 0.25) is 0 Å². The van der Waals surface area contributed by atoms with Crippen molar-refractivity contribution in [3.63, 3.8) is 0 Å². The maximum absolute atomic E-state index is 14.4. The zero-order valence-electron chi connectivity index (χ0n) is 20.6. The molecule has 1 amide bonds. The van der Waals surface area contributed by atoms with E-state index in [1.807, 2.05) is 38.1 Å². The predicted molar refractivity (Wildman–Crippen MR) is 130 cm³/mol. The molecule has 1 aliphatic rings. The molecule has 0 saturated carbocycles. The molecule has 5 heterocycles. The van der Waals surface area contributed by atoms with Gasteiger partial charge >= 0.3 is 11.8 Å². The molecule has 5 rings (SSSR count). The highest BCUT2D eigenvalue weighted by Crippen LogP contribution is 2.34. The van der Waals surface area contributed by atoms with Crippen LogP contribution in [0.1, 0.15) is 60.0 Å². The molecule has 10 nitrogen and oxygen atoms in total. The summed E-state index contributed by atoms with van der Waals surface area (Å²) in [5.41, 5.74) is 4.31. The van der Waals surface area contributed by atoms with Gasteiger partial charge in [-0.15, -0.1) is 10.2 Å². The normalized spacial score (nSPS) is 16.5.